The highest BCUT2D eigenvalue weighted by Crippen LogP contribution is 2.26. The summed E-state index contributed by atoms with van der Waals surface area (Å²) in [5.41, 5.74) is 0.534. The first-order valence-corrected chi connectivity index (χ1v) is 10.1. The summed E-state index contributed by atoms with van der Waals surface area (Å²) >= 11 is 11.8. The number of unbranched alkanes of at least 4 members (excludes halogenated alkanes) is 1. The van der Waals surface area contributed by atoms with Gasteiger partial charge in [0.1, 0.15) is 0 Å². The Hall–Kier alpha value is -0.980. The van der Waals surface area contributed by atoms with E-state index in [0.717, 1.165) is 12.8 Å². The molecule has 1 N–H and O–H groups in total. The zero-order chi connectivity index (χ0) is 17.0. The molecular weight excluding hydrogens is 359 g/mol. The van der Waals surface area contributed by atoms with Gasteiger partial charge in [-0.05, 0) is 31.0 Å². The van der Waals surface area contributed by atoms with Gasteiger partial charge in [0.2, 0.25) is 0 Å². The molecule has 1 aromatic carbocycles. The lowest BCUT2D eigenvalue weighted by atomic mass is 10.2. The second kappa shape index (κ2) is 7.73. The molecule has 0 unspecified atom stereocenters. The molecule has 0 aromatic heterocycles. The van der Waals surface area contributed by atoms with Gasteiger partial charge in [0.05, 0.1) is 21.6 Å². The van der Waals surface area contributed by atoms with E-state index in [0.29, 0.717) is 28.7 Å². The first kappa shape index (κ1) is 18.4. The van der Waals surface area contributed by atoms with Crippen molar-refractivity contribution in [2.45, 2.75) is 32.2 Å². The molecule has 5 nitrogen and oxygen atoms in total. The molecule has 2 amide bonds. The van der Waals surface area contributed by atoms with Gasteiger partial charge in [0, 0.05) is 18.3 Å². The molecule has 128 valence electrons. The molecule has 2 rings (SSSR count). The van der Waals surface area contributed by atoms with Gasteiger partial charge in [-0.15, -0.1) is 0 Å². The molecule has 0 aliphatic carbocycles. The van der Waals surface area contributed by atoms with Gasteiger partial charge in [-0.25, -0.2) is 13.2 Å². The van der Waals surface area contributed by atoms with E-state index >= 15 is 0 Å². The van der Waals surface area contributed by atoms with Crippen LogP contribution in [0.5, 0.6) is 0 Å². The zero-order valence-electron chi connectivity index (χ0n) is 12.9. The van der Waals surface area contributed by atoms with Crippen molar-refractivity contribution in [2.75, 3.05) is 23.4 Å². The number of anilines is 1. The summed E-state index contributed by atoms with van der Waals surface area (Å²) in [6.07, 6.45) is 2.24. The number of benzene rings is 1. The third-order valence-electron chi connectivity index (χ3n) is 3.83. The van der Waals surface area contributed by atoms with E-state index in [-0.39, 0.29) is 23.6 Å². The first-order chi connectivity index (χ1) is 10.8. The van der Waals surface area contributed by atoms with Gasteiger partial charge >= 0.3 is 6.03 Å². The molecule has 1 saturated heterocycles. The Kier molecular flexibility index (Phi) is 6.17. The highest BCUT2D eigenvalue weighted by atomic mass is 35.5. The predicted octanol–water partition coefficient (Wildman–Crippen LogP) is 3.81. The maximum Gasteiger partial charge on any atom is 0.322 e. The molecule has 0 saturated carbocycles. The molecule has 8 heteroatoms. The number of nitrogens with zero attached hydrogens (tertiary/aromatic N) is 1. The van der Waals surface area contributed by atoms with E-state index in [2.05, 4.69) is 5.32 Å². The van der Waals surface area contributed by atoms with Crippen LogP contribution in [-0.2, 0) is 9.84 Å². The Bertz CT molecular complexity index is 679. The average Bonchev–Trinajstić information content (AvgIpc) is 2.83. The molecule has 0 radical (unpaired) electrons. The van der Waals surface area contributed by atoms with Crippen molar-refractivity contribution in [3.63, 3.8) is 0 Å². The minimum atomic E-state index is -3.04. The first-order valence-electron chi connectivity index (χ1n) is 7.55. The van der Waals surface area contributed by atoms with Crippen LogP contribution in [0.3, 0.4) is 0 Å². The molecule has 23 heavy (non-hydrogen) atoms. The summed E-state index contributed by atoms with van der Waals surface area (Å²) in [4.78, 5) is 14.2. The number of nitrogens with one attached hydrogen (secondary N) is 1. The maximum atomic E-state index is 12.6. The van der Waals surface area contributed by atoms with Crippen molar-refractivity contribution >= 4 is 44.8 Å². The van der Waals surface area contributed by atoms with Gasteiger partial charge in [-0.1, -0.05) is 36.5 Å². The van der Waals surface area contributed by atoms with E-state index in [1.807, 2.05) is 6.92 Å². The van der Waals surface area contributed by atoms with Gasteiger partial charge in [0.15, 0.2) is 9.84 Å². The van der Waals surface area contributed by atoms with Crippen molar-refractivity contribution in [3.05, 3.63) is 28.2 Å². The van der Waals surface area contributed by atoms with Crippen LogP contribution in [0.2, 0.25) is 10.0 Å². The Morgan fingerprint density at radius 3 is 2.65 bits per heavy atom. The fourth-order valence-electron chi connectivity index (χ4n) is 2.57. The predicted molar refractivity (Wildman–Crippen MR) is 94.2 cm³/mol. The lowest BCUT2D eigenvalue weighted by molar-refractivity contribution is 0.192. The molecule has 0 spiro atoms. The number of rotatable bonds is 5. The van der Waals surface area contributed by atoms with E-state index < -0.39 is 9.84 Å². The van der Waals surface area contributed by atoms with Crippen LogP contribution in [0.15, 0.2) is 18.2 Å². The zero-order valence-corrected chi connectivity index (χ0v) is 15.2. The fourth-order valence-corrected chi connectivity index (χ4v) is 4.60. The summed E-state index contributed by atoms with van der Waals surface area (Å²) in [5, 5.41) is 3.54. The smallest absolute Gasteiger partial charge is 0.320 e. The average molecular weight is 379 g/mol. The Morgan fingerprint density at radius 1 is 1.35 bits per heavy atom. The van der Waals surface area contributed by atoms with Crippen molar-refractivity contribution in [2.24, 2.45) is 0 Å². The summed E-state index contributed by atoms with van der Waals surface area (Å²) < 4.78 is 23.4. The van der Waals surface area contributed by atoms with E-state index in [1.54, 1.807) is 23.1 Å². The molecule has 0 bridgehead atoms. The van der Waals surface area contributed by atoms with Crippen LogP contribution < -0.4 is 5.32 Å². The number of hydrogen-bond acceptors (Lipinski definition) is 3. The number of carbonyl (C=O) groups excluding carboxylic acids is 1. The third-order valence-corrected chi connectivity index (χ3v) is 6.32. The molecule has 1 aromatic rings. The molecule has 1 atom stereocenters. The fraction of sp³-hybridized carbons (Fsp3) is 0.533. The van der Waals surface area contributed by atoms with Gasteiger partial charge in [-0.3, -0.25) is 0 Å². The number of halogens is 2. The number of amides is 2. The minimum Gasteiger partial charge on any atom is -0.320 e. The highest BCUT2D eigenvalue weighted by Gasteiger charge is 2.34. The normalized spacial score (nSPS) is 19.5. The molecule has 1 heterocycles. The number of sulfone groups is 1. The van der Waals surface area contributed by atoms with Crippen LogP contribution in [0, 0.1) is 0 Å². The Labute approximate surface area is 146 Å². The summed E-state index contributed by atoms with van der Waals surface area (Å²) in [5.74, 6) is 0.172. The number of hydrogen-bond donors (Lipinski definition) is 1. The van der Waals surface area contributed by atoms with Crippen molar-refractivity contribution in [1.82, 2.24) is 4.90 Å². The minimum absolute atomic E-state index is 0.0332. The Balaban J connectivity index is 2.11. The lowest BCUT2D eigenvalue weighted by Crippen LogP contribution is -2.44. The molecule has 1 fully saturated rings. The largest absolute Gasteiger partial charge is 0.322 e. The van der Waals surface area contributed by atoms with Crippen molar-refractivity contribution in [3.8, 4) is 0 Å². The standard InChI is InChI=1S/C15H20Cl2N2O3S/c1-2-3-7-19(12-6-8-23(21,22)10-12)15(20)18-11-4-5-13(16)14(17)9-11/h4-5,9,12H,2-3,6-8,10H2,1H3,(H,18,20)/t12-/m1/s1. The molecular formula is C15H20Cl2N2O3S. The SMILES string of the molecule is CCCCN(C(=O)Nc1ccc(Cl)c(Cl)c1)[C@@H]1CCS(=O)(=O)C1. The van der Waals surface area contributed by atoms with E-state index in [9.17, 15) is 13.2 Å². The lowest BCUT2D eigenvalue weighted by Gasteiger charge is -2.28. The maximum absolute atomic E-state index is 12.6. The van der Waals surface area contributed by atoms with Crippen LogP contribution in [-0.4, -0.2) is 43.4 Å². The summed E-state index contributed by atoms with van der Waals surface area (Å²) in [6, 6.07) is 4.27. The number of carbonyl (C=O) groups is 1. The third kappa shape index (κ3) is 4.99. The van der Waals surface area contributed by atoms with Gasteiger partial charge in [-0.2, -0.15) is 0 Å². The monoisotopic (exact) mass is 378 g/mol. The van der Waals surface area contributed by atoms with Gasteiger partial charge in [0.25, 0.3) is 0 Å². The topological polar surface area (TPSA) is 66.5 Å². The van der Waals surface area contributed by atoms with Crippen molar-refractivity contribution in [1.29, 1.82) is 0 Å². The number of urea groups is 1. The quantitative estimate of drug-likeness (QED) is 0.846. The van der Waals surface area contributed by atoms with E-state index in [1.165, 1.54) is 0 Å². The van der Waals surface area contributed by atoms with Crippen LogP contribution >= 0.6 is 23.2 Å². The van der Waals surface area contributed by atoms with E-state index in [4.69, 9.17) is 23.2 Å². The van der Waals surface area contributed by atoms with Crippen LogP contribution in [0.4, 0.5) is 10.5 Å². The Morgan fingerprint density at radius 2 is 2.09 bits per heavy atom. The molecule has 1 aliphatic rings. The molecule has 1 aliphatic heterocycles. The van der Waals surface area contributed by atoms with Crippen molar-refractivity contribution < 1.29 is 13.2 Å². The second-order valence-electron chi connectivity index (χ2n) is 5.66. The highest BCUT2D eigenvalue weighted by molar-refractivity contribution is 7.91. The van der Waals surface area contributed by atoms with Crippen LogP contribution in [0.25, 0.3) is 0 Å². The van der Waals surface area contributed by atoms with Gasteiger partial charge < -0.3 is 10.2 Å². The van der Waals surface area contributed by atoms with Crippen LogP contribution in [0.1, 0.15) is 26.2 Å². The second-order valence-corrected chi connectivity index (χ2v) is 8.71. The summed E-state index contributed by atoms with van der Waals surface area (Å²) in [6.45, 7) is 2.56. The summed E-state index contributed by atoms with van der Waals surface area (Å²) in [7, 11) is -3.04.